The third-order valence-electron chi connectivity index (χ3n) is 3.39. The molecule has 0 fully saturated rings. The first-order chi connectivity index (χ1) is 9.29. The van der Waals surface area contributed by atoms with Crippen molar-refractivity contribution in [1.82, 2.24) is 15.4 Å². The van der Waals surface area contributed by atoms with Crippen LogP contribution >= 0.6 is 0 Å². The quantitative estimate of drug-likeness (QED) is 0.512. The minimum absolute atomic E-state index is 0.695. The molecule has 0 saturated carbocycles. The number of allylic oxidation sites excluding steroid dienone is 2. The first-order valence-corrected chi connectivity index (χ1v) is 6.75. The number of hydrogen-bond donors (Lipinski definition) is 1. The van der Waals surface area contributed by atoms with E-state index in [0.717, 1.165) is 24.6 Å². The molecule has 5 heteroatoms. The highest BCUT2D eigenvalue weighted by Gasteiger charge is 2.13. The Morgan fingerprint density at radius 3 is 3.11 bits per heavy atom. The summed E-state index contributed by atoms with van der Waals surface area (Å²) in [5.74, 6) is 1.61. The van der Waals surface area contributed by atoms with E-state index >= 15 is 0 Å². The normalized spacial score (nSPS) is 19.5. The largest absolute Gasteiger partial charge is 0.364 e. The van der Waals surface area contributed by atoms with E-state index in [9.17, 15) is 0 Å². The third-order valence-corrected chi connectivity index (χ3v) is 3.39. The Kier molecular flexibility index (Phi) is 5.01. The van der Waals surface area contributed by atoms with E-state index in [4.69, 9.17) is 4.52 Å². The molecule has 1 unspecified atom stereocenters. The van der Waals surface area contributed by atoms with Gasteiger partial charge in [-0.2, -0.15) is 0 Å². The van der Waals surface area contributed by atoms with Gasteiger partial charge in [0.2, 0.25) is 0 Å². The maximum absolute atomic E-state index is 4.84. The Labute approximate surface area is 114 Å². The van der Waals surface area contributed by atoms with Gasteiger partial charge < -0.3 is 14.7 Å². The predicted octanol–water partition coefficient (Wildman–Crippen LogP) is 2.04. The molecule has 1 N–H and O–H groups in total. The molecule has 1 aromatic rings. The molecule has 0 bridgehead atoms. The van der Waals surface area contributed by atoms with Gasteiger partial charge in [0, 0.05) is 26.7 Å². The molecule has 104 valence electrons. The molecule has 0 amide bonds. The summed E-state index contributed by atoms with van der Waals surface area (Å²) in [7, 11) is 3.81. The van der Waals surface area contributed by atoms with E-state index in [0.29, 0.717) is 12.5 Å². The second-order valence-electron chi connectivity index (χ2n) is 4.93. The SMILES string of the molecule is CN=C(NCC1CC=CCC1)N(C)Cc1ccon1. The first-order valence-electron chi connectivity index (χ1n) is 6.75. The Hall–Kier alpha value is -1.78. The van der Waals surface area contributed by atoms with Gasteiger partial charge in [0.15, 0.2) is 5.96 Å². The second-order valence-corrected chi connectivity index (χ2v) is 4.93. The molecular formula is C14H22N4O. The summed E-state index contributed by atoms with van der Waals surface area (Å²) in [4.78, 5) is 6.36. The monoisotopic (exact) mass is 262 g/mol. The van der Waals surface area contributed by atoms with E-state index < -0.39 is 0 Å². The fourth-order valence-corrected chi connectivity index (χ4v) is 2.30. The highest BCUT2D eigenvalue weighted by Crippen LogP contribution is 2.16. The van der Waals surface area contributed by atoms with Gasteiger partial charge >= 0.3 is 0 Å². The van der Waals surface area contributed by atoms with Gasteiger partial charge in [0.05, 0.1) is 6.54 Å². The summed E-state index contributed by atoms with van der Waals surface area (Å²) in [6.45, 7) is 1.67. The molecule has 1 heterocycles. The number of nitrogens with zero attached hydrogens (tertiary/aromatic N) is 3. The molecule has 1 aromatic heterocycles. The average molecular weight is 262 g/mol. The number of nitrogens with one attached hydrogen (secondary N) is 1. The highest BCUT2D eigenvalue weighted by atomic mass is 16.5. The van der Waals surface area contributed by atoms with Gasteiger partial charge in [-0.05, 0) is 25.2 Å². The average Bonchev–Trinajstić information content (AvgIpc) is 2.93. The van der Waals surface area contributed by atoms with Crippen LogP contribution in [-0.4, -0.2) is 36.7 Å². The summed E-state index contributed by atoms with van der Waals surface area (Å²) in [6, 6.07) is 1.87. The smallest absolute Gasteiger partial charge is 0.193 e. The van der Waals surface area contributed by atoms with Crippen LogP contribution < -0.4 is 5.32 Å². The van der Waals surface area contributed by atoms with Crippen LogP contribution in [-0.2, 0) is 6.54 Å². The zero-order chi connectivity index (χ0) is 13.5. The van der Waals surface area contributed by atoms with Crippen molar-refractivity contribution in [2.24, 2.45) is 10.9 Å². The van der Waals surface area contributed by atoms with Gasteiger partial charge in [0.1, 0.15) is 12.0 Å². The fourth-order valence-electron chi connectivity index (χ4n) is 2.30. The van der Waals surface area contributed by atoms with E-state index in [-0.39, 0.29) is 0 Å². The predicted molar refractivity (Wildman–Crippen MR) is 75.8 cm³/mol. The standard InChI is InChI=1S/C14H22N4O/c1-15-14(16-10-12-6-4-3-5-7-12)18(2)11-13-8-9-19-17-13/h3-4,8-9,12H,5-7,10-11H2,1-2H3,(H,15,16). The van der Waals surface area contributed by atoms with Crippen molar-refractivity contribution in [1.29, 1.82) is 0 Å². The van der Waals surface area contributed by atoms with Crippen molar-refractivity contribution in [3.63, 3.8) is 0 Å². The minimum Gasteiger partial charge on any atom is -0.364 e. The summed E-state index contributed by atoms with van der Waals surface area (Å²) >= 11 is 0. The van der Waals surface area contributed by atoms with Crippen molar-refractivity contribution in [2.75, 3.05) is 20.6 Å². The van der Waals surface area contributed by atoms with Crippen LogP contribution in [0.5, 0.6) is 0 Å². The lowest BCUT2D eigenvalue weighted by Crippen LogP contribution is -2.40. The highest BCUT2D eigenvalue weighted by molar-refractivity contribution is 5.79. The fraction of sp³-hybridized carbons (Fsp3) is 0.571. The van der Waals surface area contributed by atoms with Crippen LogP contribution in [0.25, 0.3) is 0 Å². The molecular weight excluding hydrogens is 240 g/mol. The van der Waals surface area contributed by atoms with Crippen LogP contribution in [0.4, 0.5) is 0 Å². The van der Waals surface area contributed by atoms with Gasteiger partial charge in [-0.1, -0.05) is 17.3 Å². The number of aliphatic imine (C=N–C) groups is 1. The van der Waals surface area contributed by atoms with Crippen LogP contribution in [0.1, 0.15) is 25.0 Å². The van der Waals surface area contributed by atoms with E-state index in [1.165, 1.54) is 12.8 Å². The van der Waals surface area contributed by atoms with Crippen LogP contribution in [0, 0.1) is 5.92 Å². The lowest BCUT2D eigenvalue weighted by Gasteiger charge is -2.24. The van der Waals surface area contributed by atoms with Crippen molar-refractivity contribution >= 4 is 5.96 Å². The molecule has 0 radical (unpaired) electrons. The van der Waals surface area contributed by atoms with E-state index in [2.05, 4.69) is 32.5 Å². The van der Waals surface area contributed by atoms with Gasteiger partial charge in [0.25, 0.3) is 0 Å². The molecule has 0 spiro atoms. The maximum Gasteiger partial charge on any atom is 0.193 e. The van der Waals surface area contributed by atoms with Gasteiger partial charge in [-0.3, -0.25) is 4.99 Å². The Bertz CT molecular complexity index is 425. The Balaban J connectivity index is 1.80. The zero-order valence-corrected chi connectivity index (χ0v) is 11.7. The molecule has 1 aliphatic rings. The Morgan fingerprint density at radius 1 is 1.58 bits per heavy atom. The number of hydrogen-bond acceptors (Lipinski definition) is 3. The number of guanidine groups is 1. The number of rotatable bonds is 4. The molecule has 0 saturated heterocycles. The van der Waals surface area contributed by atoms with Gasteiger partial charge in [-0.25, -0.2) is 0 Å². The second kappa shape index (κ2) is 6.97. The van der Waals surface area contributed by atoms with Crippen molar-refractivity contribution in [3.8, 4) is 0 Å². The van der Waals surface area contributed by atoms with E-state index in [1.54, 1.807) is 6.26 Å². The molecule has 2 rings (SSSR count). The molecule has 1 atom stereocenters. The molecule has 0 aliphatic heterocycles. The number of aromatic nitrogens is 1. The van der Waals surface area contributed by atoms with Gasteiger partial charge in [-0.15, -0.1) is 0 Å². The Morgan fingerprint density at radius 2 is 2.47 bits per heavy atom. The van der Waals surface area contributed by atoms with Crippen LogP contribution in [0.2, 0.25) is 0 Å². The minimum atomic E-state index is 0.695. The van der Waals surface area contributed by atoms with Crippen molar-refractivity contribution in [3.05, 3.63) is 30.2 Å². The topological polar surface area (TPSA) is 53.7 Å². The summed E-state index contributed by atoms with van der Waals surface area (Å²) < 4.78 is 4.84. The molecule has 19 heavy (non-hydrogen) atoms. The molecule has 5 nitrogen and oxygen atoms in total. The summed E-state index contributed by atoms with van der Waals surface area (Å²) in [6.07, 6.45) is 9.75. The molecule has 1 aliphatic carbocycles. The van der Waals surface area contributed by atoms with Crippen molar-refractivity contribution in [2.45, 2.75) is 25.8 Å². The maximum atomic E-state index is 4.84. The molecule has 0 aromatic carbocycles. The zero-order valence-electron chi connectivity index (χ0n) is 11.7. The third kappa shape index (κ3) is 4.12. The lowest BCUT2D eigenvalue weighted by molar-refractivity contribution is 0.388. The van der Waals surface area contributed by atoms with Crippen LogP contribution in [0.15, 0.2) is 34.0 Å². The van der Waals surface area contributed by atoms with Crippen LogP contribution in [0.3, 0.4) is 0 Å². The van der Waals surface area contributed by atoms with E-state index in [1.807, 2.05) is 20.2 Å². The van der Waals surface area contributed by atoms with Crippen molar-refractivity contribution < 1.29 is 4.52 Å². The first kappa shape index (κ1) is 13.6. The summed E-state index contributed by atoms with van der Waals surface area (Å²) in [5.41, 5.74) is 0.908. The summed E-state index contributed by atoms with van der Waals surface area (Å²) in [5, 5.41) is 7.35. The lowest BCUT2D eigenvalue weighted by atomic mass is 9.94.